The Labute approximate surface area is 225 Å². The molecule has 4 heterocycles. The second-order valence-electron chi connectivity index (χ2n) is 10.2. The highest BCUT2D eigenvalue weighted by Crippen LogP contribution is 2.36. The SMILES string of the molecule is COc1ccc(N2CCN(C(=O)Cn3c4c(c5ccccc53)CCn3c-4nc4ccccc4c3=O)CC2)cc1. The van der Waals surface area contributed by atoms with Crippen molar-refractivity contribution in [3.63, 3.8) is 0 Å². The summed E-state index contributed by atoms with van der Waals surface area (Å²) in [7, 11) is 1.67. The van der Waals surface area contributed by atoms with Crippen molar-refractivity contribution in [2.45, 2.75) is 19.5 Å². The van der Waals surface area contributed by atoms with Crippen molar-refractivity contribution in [2.24, 2.45) is 0 Å². The molecule has 0 N–H and O–H groups in total. The van der Waals surface area contributed by atoms with E-state index in [0.717, 1.165) is 53.1 Å². The van der Waals surface area contributed by atoms with E-state index in [2.05, 4.69) is 33.7 Å². The van der Waals surface area contributed by atoms with Crippen LogP contribution in [-0.2, 0) is 24.3 Å². The van der Waals surface area contributed by atoms with Crippen LogP contribution in [0.1, 0.15) is 5.56 Å². The summed E-state index contributed by atoms with van der Waals surface area (Å²) in [6.45, 7) is 3.65. The van der Waals surface area contributed by atoms with E-state index in [0.29, 0.717) is 36.4 Å². The molecule has 8 nitrogen and oxygen atoms in total. The van der Waals surface area contributed by atoms with Crippen LogP contribution in [0, 0.1) is 0 Å². The second-order valence-corrected chi connectivity index (χ2v) is 10.2. The van der Waals surface area contributed by atoms with Crippen LogP contribution in [0.3, 0.4) is 0 Å². The van der Waals surface area contributed by atoms with Gasteiger partial charge in [0, 0.05) is 49.3 Å². The predicted octanol–water partition coefficient (Wildman–Crippen LogP) is 3.93. The third-order valence-corrected chi connectivity index (χ3v) is 8.10. The molecule has 3 aromatic carbocycles. The predicted molar refractivity (Wildman–Crippen MR) is 152 cm³/mol. The van der Waals surface area contributed by atoms with Crippen molar-refractivity contribution in [1.82, 2.24) is 19.0 Å². The van der Waals surface area contributed by atoms with Crippen molar-refractivity contribution < 1.29 is 9.53 Å². The van der Waals surface area contributed by atoms with Gasteiger partial charge in [0.15, 0.2) is 5.82 Å². The molecule has 0 radical (unpaired) electrons. The van der Waals surface area contributed by atoms with Gasteiger partial charge in [0.05, 0.1) is 23.7 Å². The normalized spacial score (nSPS) is 14.9. The van der Waals surface area contributed by atoms with Gasteiger partial charge in [-0.25, -0.2) is 4.98 Å². The van der Waals surface area contributed by atoms with Crippen molar-refractivity contribution >= 4 is 33.4 Å². The standard InChI is InChI=1S/C31H29N5O3/c1-39-22-12-10-21(11-13-22)33-16-18-34(19-17-33)28(37)20-36-27-9-5-3-6-23(27)24-14-15-35-30(29(24)36)32-26-8-4-2-7-25(26)31(35)38/h2-13H,14-20H2,1H3. The number of amides is 1. The fourth-order valence-electron chi connectivity index (χ4n) is 6.07. The monoisotopic (exact) mass is 519 g/mol. The molecule has 0 unspecified atom stereocenters. The maximum atomic E-state index is 13.7. The summed E-state index contributed by atoms with van der Waals surface area (Å²) >= 11 is 0. The molecule has 196 valence electrons. The zero-order chi connectivity index (χ0) is 26.5. The van der Waals surface area contributed by atoms with E-state index < -0.39 is 0 Å². The number of rotatable bonds is 4. The van der Waals surface area contributed by atoms with E-state index >= 15 is 0 Å². The lowest BCUT2D eigenvalue weighted by Crippen LogP contribution is -2.49. The first kappa shape index (κ1) is 23.5. The molecule has 0 bridgehead atoms. The van der Waals surface area contributed by atoms with Crippen molar-refractivity contribution in [3.05, 3.63) is 88.7 Å². The molecule has 2 aliphatic heterocycles. The summed E-state index contributed by atoms with van der Waals surface area (Å²) in [4.78, 5) is 36.3. The highest BCUT2D eigenvalue weighted by atomic mass is 16.5. The zero-order valence-corrected chi connectivity index (χ0v) is 21.8. The van der Waals surface area contributed by atoms with E-state index in [9.17, 15) is 9.59 Å². The summed E-state index contributed by atoms with van der Waals surface area (Å²) in [6.07, 6.45) is 0.727. The number of benzene rings is 3. The summed E-state index contributed by atoms with van der Waals surface area (Å²) in [5, 5.41) is 1.75. The fourth-order valence-corrected chi connectivity index (χ4v) is 6.07. The number of hydrogen-bond acceptors (Lipinski definition) is 5. The second kappa shape index (κ2) is 9.31. The lowest BCUT2D eigenvalue weighted by atomic mass is 10.0. The molecule has 0 saturated carbocycles. The van der Waals surface area contributed by atoms with Crippen LogP contribution < -0.4 is 15.2 Å². The van der Waals surface area contributed by atoms with Gasteiger partial charge < -0.3 is 19.1 Å². The number of aromatic nitrogens is 3. The highest BCUT2D eigenvalue weighted by molar-refractivity contribution is 5.94. The maximum absolute atomic E-state index is 13.7. The molecule has 1 saturated heterocycles. The molecule has 5 aromatic rings. The minimum atomic E-state index is -0.0287. The van der Waals surface area contributed by atoms with E-state index in [1.165, 1.54) is 0 Å². The van der Waals surface area contributed by atoms with Crippen LogP contribution in [0.15, 0.2) is 77.6 Å². The molecule has 1 fully saturated rings. The fraction of sp³-hybridized carbons (Fsp3) is 0.258. The number of hydrogen-bond donors (Lipinski definition) is 0. The number of nitrogens with zero attached hydrogens (tertiary/aromatic N) is 5. The number of para-hydroxylation sites is 2. The molecule has 2 aliphatic rings. The van der Waals surface area contributed by atoms with Gasteiger partial charge in [0.2, 0.25) is 5.91 Å². The van der Waals surface area contributed by atoms with Gasteiger partial charge in [-0.2, -0.15) is 0 Å². The Morgan fingerprint density at radius 2 is 1.59 bits per heavy atom. The smallest absolute Gasteiger partial charge is 0.261 e. The Kier molecular flexibility index (Phi) is 5.61. The molecular weight excluding hydrogens is 490 g/mol. The van der Waals surface area contributed by atoms with E-state index in [1.807, 2.05) is 53.4 Å². The van der Waals surface area contributed by atoms with E-state index in [1.54, 1.807) is 11.7 Å². The van der Waals surface area contributed by atoms with Crippen molar-refractivity contribution in [2.75, 3.05) is 38.2 Å². The average molecular weight is 520 g/mol. The lowest BCUT2D eigenvalue weighted by Gasteiger charge is -2.36. The molecule has 2 aromatic heterocycles. The van der Waals surface area contributed by atoms with Crippen LogP contribution in [0.25, 0.3) is 33.3 Å². The van der Waals surface area contributed by atoms with Gasteiger partial charge >= 0.3 is 0 Å². The molecule has 39 heavy (non-hydrogen) atoms. The number of carbonyl (C=O) groups is 1. The third-order valence-electron chi connectivity index (χ3n) is 8.10. The Hall–Kier alpha value is -4.59. The number of aryl methyl sites for hydroxylation is 1. The van der Waals surface area contributed by atoms with Gasteiger partial charge in [0.25, 0.3) is 5.56 Å². The largest absolute Gasteiger partial charge is 0.497 e. The number of piperazine rings is 1. The van der Waals surface area contributed by atoms with E-state index in [-0.39, 0.29) is 18.0 Å². The van der Waals surface area contributed by atoms with Gasteiger partial charge in [-0.15, -0.1) is 0 Å². The first-order valence-electron chi connectivity index (χ1n) is 13.4. The van der Waals surface area contributed by atoms with E-state index in [4.69, 9.17) is 9.72 Å². The van der Waals surface area contributed by atoms with Gasteiger partial charge in [-0.1, -0.05) is 30.3 Å². The van der Waals surface area contributed by atoms with Crippen LogP contribution >= 0.6 is 0 Å². The minimum absolute atomic E-state index is 0.0287. The van der Waals surface area contributed by atoms with Crippen molar-refractivity contribution in [1.29, 1.82) is 0 Å². The Balaban J connectivity index is 1.21. The number of methoxy groups -OCH3 is 1. The number of anilines is 1. The third kappa shape index (κ3) is 3.86. The molecule has 0 spiro atoms. The first-order valence-corrected chi connectivity index (χ1v) is 13.4. The zero-order valence-electron chi connectivity index (χ0n) is 21.8. The number of carbonyl (C=O) groups excluding carboxylic acids is 1. The first-order chi connectivity index (χ1) is 19.1. The Bertz CT molecular complexity index is 1780. The average Bonchev–Trinajstić information content (AvgIpc) is 3.31. The number of ether oxygens (including phenoxy) is 1. The molecular formula is C31H29N5O3. The number of fused-ring (bicyclic) bond motifs is 6. The summed E-state index contributed by atoms with van der Waals surface area (Å²) in [6, 6.07) is 23.7. The highest BCUT2D eigenvalue weighted by Gasteiger charge is 2.29. The summed E-state index contributed by atoms with van der Waals surface area (Å²) in [5.41, 5.74) is 4.83. The maximum Gasteiger partial charge on any atom is 0.261 e. The summed E-state index contributed by atoms with van der Waals surface area (Å²) in [5.74, 6) is 1.56. The van der Waals surface area contributed by atoms with Crippen LogP contribution in [0.5, 0.6) is 5.75 Å². The minimum Gasteiger partial charge on any atom is -0.497 e. The lowest BCUT2D eigenvalue weighted by molar-refractivity contribution is -0.132. The van der Waals surface area contributed by atoms with Crippen LogP contribution in [0.4, 0.5) is 5.69 Å². The Morgan fingerprint density at radius 1 is 0.872 bits per heavy atom. The van der Waals surface area contributed by atoms with Crippen LogP contribution in [-0.4, -0.2) is 58.2 Å². The molecule has 0 atom stereocenters. The Morgan fingerprint density at radius 3 is 2.36 bits per heavy atom. The molecule has 1 amide bonds. The van der Waals surface area contributed by atoms with Crippen LogP contribution in [0.2, 0.25) is 0 Å². The molecule has 8 heteroatoms. The van der Waals surface area contributed by atoms with Crippen molar-refractivity contribution in [3.8, 4) is 17.3 Å². The van der Waals surface area contributed by atoms with Gasteiger partial charge in [-0.3, -0.25) is 14.2 Å². The summed E-state index contributed by atoms with van der Waals surface area (Å²) < 4.78 is 9.13. The molecule has 7 rings (SSSR count). The topological polar surface area (TPSA) is 72.6 Å². The molecule has 0 aliphatic carbocycles. The van der Waals surface area contributed by atoms with Gasteiger partial charge in [-0.05, 0) is 54.4 Å². The van der Waals surface area contributed by atoms with Gasteiger partial charge in [0.1, 0.15) is 12.3 Å². The quantitative estimate of drug-likeness (QED) is 0.360.